The summed E-state index contributed by atoms with van der Waals surface area (Å²) in [7, 11) is 0. The zero-order valence-electron chi connectivity index (χ0n) is 6.13. The van der Waals surface area contributed by atoms with Crippen LogP contribution in [0.25, 0.3) is 0 Å². The highest BCUT2D eigenvalue weighted by atomic mass is 32.2. The highest BCUT2D eigenvalue weighted by molar-refractivity contribution is 8.00. The maximum Gasteiger partial charge on any atom is 0.0199 e. The van der Waals surface area contributed by atoms with Gasteiger partial charge >= 0.3 is 0 Å². The normalized spacial score (nSPS) is 14.6. The van der Waals surface area contributed by atoms with Crippen molar-refractivity contribution < 1.29 is 0 Å². The molecule has 0 heterocycles. The van der Waals surface area contributed by atoms with E-state index in [1.165, 1.54) is 0 Å². The van der Waals surface area contributed by atoms with E-state index in [1.54, 1.807) is 0 Å². The van der Waals surface area contributed by atoms with Crippen LogP contribution in [0.1, 0.15) is 13.8 Å². The van der Waals surface area contributed by atoms with Gasteiger partial charge in [-0.25, -0.2) is 0 Å². The molecule has 0 bridgehead atoms. The largest absolute Gasteiger partial charge is 0.330 e. The summed E-state index contributed by atoms with van der Waals surface area (Å²) in [5.41, 5.74) is 5.33. The van der Waals surface area contributed by atoms with Crippen LogP contribution >= 0.6 is 11.8 Å². The molecule has 0 aromatic heterocycles. The molecule has 2 N–H and O–H groups in total. The van der Waals surface area contributed by atoms with Gasteiger partial charge in [0.1, 0.15) is 0 Å². The van der Waals surface area contributed by atoms with Crippen LogP contribution in [0.15, 0.2) is 12.2 Å². The zero-order valence-corrected chi connectivity index (χ0v) is 6.95. The highest BCUT2D eigenvalue weighted by Gasteiger charge is 1.92. The van der Waals surface area contributed by atoms with E-state index >= 15 is 0 Å². The van der Waals surface area contributed by atoms with Crippen molar-refractivity contribution >= 4 is 11.8 Å². The van der Waals surface area contributed by atoms with Crippen molar-refractivity contribution in [3.63, 3.8) is 0 Å². The second kappa shape index (κ2) is 6.17. The van der Waals surface area contributed by atoms with Gasteiger partial charge in [-0.3, -0.25) is 0 Å². The van der Waals surface area contributed by atoms with Gasteiger partial charge in [-0.1, -0.05) is 12.2 Å². The van der Waals surface area contributed by atoms with Crippen LogP contribution in [0.4, 0.5) is 0 Å². The van der Waals surface area contributed by atoms with E-state index in [-0.39, 0.29) is 0 Å². The molecular weight excluding hydrogens is 130 g/mol. The summed E-state index contributed by atoms with van der Waals surface area (Å²) in [5, 5.41) is 0.624. The molecule has 0 aromatic rings. The van der Waals surface area contributed by atoms with Gasteiger partial charge in [0.15, 0.2) is 0 Å². The number of hydrogen-bond acceptors (Lipinski definition) is 2. The monoisotopic (exact) mass is 145 g/mol. The Labute approximate surface area is 61.7 Å². The van der Waals surface area contributed by atoms with E-state index in [4.69, 9.17) is 5.73 Å². The van der Waals surface area contributed by atoms with Crippen LogP contribution in [-0.4, -0.2) is 17.5 Å². The predicted molar refractivity (Wildman–Crippen MR) is 45.8 cm³/mol. The number of rotatable bonds is 4. The average Bonchev–Trinajstić information content (AvgIpc) is 1.85. The molecular formula is C7H15NS. The molecule has 0 amide bonds. The van der Waals surface area contributed by atoms with E-state index in [1.807, 2.05) is 18.7 Å². The highest BCUT2D eigenvalue weighted by Crippen LogP contribution is 2.09. The molecule has 1 atom stereocenters. The lowest BCUT2D eigenvalue weighted by atomic mass is 10.4. The molecule has 1 nitrogen and oxygen atoms in total. The Morgan fingerprint density at radius 3 is 2.78 bits per heavy atom. The first kappa shape index (κ1) is 9.05. The van der Waals surface area contributed by atoms with Crippen molar-refractivity contribution in [1.29, 1.82) is 0 Å². The molecule has 2 heteroatoms. The molecule has 0 aliphatic rings. The molecule has 0 rings (SSSR count). The summed E-state index contributed by atoms with van der Waals surface area (Å²) in [4.78, 5) is 0. The van der Waals surface area contributed by atoms with Crippen molar-refractivity contribution in [1.82, 2.24) is 0 Å². The standard InChI is InChI=1S/C7H15NS/c1-3-4-7(2)9-6-5-8/h3-4,7H,5-6,8H2,1-2H3/b4-3+. The van der Waals surface area contributed by atoms with Crippen LogP contribution < -0.4 is 5.73 Å². The molecule has 0 saturated heterocycles. The van der Waals surface area contributed by atoms with Gasteiger partial charge in [0.05, 0.1) is 0 Å². The molecule has 1 unspecified atom stereocenters. The van der Waals surface area contributed by atoms with Crippen LogP contribution in [0.2, 0.25) is 0 Å². The van der Waals surface area contributed by atoms with Gasteiger partial charge in [0.25, 0.3) is 0 Å². The SMILES string of the molecule is C/C=C/C(C)SCCN. The Hall–Kier alpha value is 0.0500. The van der Waals surface area contributed by atoms with E-state index < -0.39 is 0 Å². The third-order valence-corrected chi connectivity index (χ3v) is 2.12. The second-order valence-electron chi connectivity index (χ2n) is 1.89. The Kier molecular flexibility index (Phi) is 6.21. The quantitative estimate of drug-likeness (QED) is 0.609. The molecule has 0 fully saturated rings. The fourth-order valence-electron chi connectivity index (χ4n) is 0.581. The number of hydrogen-bond donors (Lipinski definition) is 1. The summed E-state index contributed by atoms with van der Waals surface area (Å²) in [6, 6.07) is 0. The van der Waals surface area contributed by atoms with Gasteiger partial charge in [-0.15, -0.1) is 0 Å². The molecule has 0 saturated carbocycles. The summed E-state index contributed by atoms with van der Waals surface area (Å²) < 4.78 is 0. The molecule has 0 spiro atoms. The fourth-order valence-corrected chi connectivity index (χ4v) is 1.36. The molecule has 54 valence electrons. The third-order valence-electron chi connectivity index (χ3n) is 0.962. The molecule has 9 heavy (non-hydrogen) atoms. The predicted octanol–water partition coefficient (Wildman–Crippen LogP) is 1.64. The average molecular weight is 145 g/mol. The van der Waals surface area contributed by atoms with Crippen molar-refractivity contribution in [2.75, 3.05) is 12.3 Å². The van der Waals surface area contributed by atoms with Crippen molar-refractivity contribution in [2.24, 2.45) is 5.73 Å². The Morgan fingerprint density at radius 1 is 1.67 bits per heavy atom. The topological polar surface area (TPSA) is 26.0 Å². The molecule has 0 radical (unpaired) electrons. The van der Waals surface area contributed by atoms with E-state index in [0.29, 0.717) is 5.25 Å². The van der Waals surface area contributed by atoms with E-state index in [2.05, 4.69) is 19.1 Å². The van der Waals surface area contributed by atoms with Crippen LogP contribution in [0.5, 0.6) is 0 Å². The minimum atomic E-state index is 0.624. The third kappa shape index (κ3) is 5.93. The summed E-state index contributed by atoms with van der Waals surface area (Å²) in [5.74, 6) is 1.06. The maximum absolute atomic E-state index is 5.33. The maximum atomic E-state index is 5.33. The minimum Gasteiger partial charge on any atom is -0.330 e. The van der Waals surface area contributed by atoms with Gasteiger partial charge in [-0.05, 0) is 13.8 Å². The summed E-state index contributed by atoms with van der Waals surface area (Å²) in [6.07, 6.45) is 4.26. The first-order valence-electron chi connectivity index (χ1n) is 3.25. The first-order valence-corrected chi connectivity index (χ1v) is 4.30. The Morgan fingerprint density at radius 2 is 2.33 bits per heavy atom. The van der Waals surface area contributed by atoms with Crippen molar-refractivity contribution in [2.45, 2.75) is 19.1 Å². The van der Waals surface area contributed by atoms with Gasteiger partial charge < -0.3 is 5.73 Å². The lowest BCUT2D eigenvalue weighted by molar-refractivity contribution is 1.13. The Bertz CT molecular complexity index is 81.0. The second-order valence-corrected chi connectivity index (χ2v) is 3.38. The summed E-state index contributed by atoms with van der Waals surface area (Å²) in [6.45, 7) is 5.01. The van der Waals surface area contributed by atoms with Crippen molar-refractivity contribution in [3.8, 4) is 0 Å². The number of nitrogens with two attached hydrogens (primary N) is 1. The van der Waals surface area contributed by atoms with Crippen LogP contribution in [0, 0.1) is 0 Å². The van der Waals surface area contributed by atoms with Gasteiger partial charge in [0.2, 0.25) is 0 Å². The minimum absolute atomic E-state index is 0.624. The lowest BCUT2D eigenvalue weighted by Crippen LogP contribution is -2.04. The zero-order chi connectivity index (χ0) is 7.11. The van der Waals surface area contributed by atoms with Crippen molar-refractivity contribution in [3.05, 3.63) is 12.2 Å². The summed E-state index contributed by atoms with van der Waals surface area (Å²) >= 11 is 1.89. The van der Waals surface area contributed by atoms with Gasteiger partial charge in [0, 0.05) is 17.5 Å². The van der Waals surface area contributed by atoms with Gasteiger partial charge in [-0.2, -0.15) is 11.8 Å². The first-order chi connectivity index (χ1) is 4.31. The molecule has 0 aliphatic carbocycles. The fraction of sp³-hybridized carbons (Fsp3) is 0.714. The Balaban J connectivity index is 3.15. The smallest absolute Gasteiger partial charge is 0.0199 e. The molecule has 0 aliphatic heterocycles. The van der Waals surface area contributed by atoms with E-state index in [0.717, 1.165) is 12.3 Å². The van der Waals surface area contributed by atoms with Crippen LogP contribution in [0.3, 0.4) is 0 Å². The molecule has 0 aromatic carbocycles. The lowest BCUT2D eigenvalue weighted by Gasteiger charge is -2.02. The van der Waals surface area contributed by atoms with Crippen LogP contribution in [-0.2, 0) is 0 Å². The number of thioether (sulfide) groups is 1. The number of allylic oxidation sites excluding steroid dienone is 1. The van der Waals surface area contributed by atoms with E-state index in [9.17, 15) is 0 Å².